The van der Waals surface area contributed by atoms with Crippen LogP contribution in [0.2, 0.25) is 0 Å². The van der Waals surface area contributed by atoms with E-state index in [1.165, 1.54) is 24.0 Å². The van der Waals surface area contributed by atoms with Crippen molar-refractivity contribution in [2.24, 2.45) is 5.92 Å². The highest BCUT2D eigenvalue weighted by Crippen LogP contribution is 2.23. The van der Waals surface area contributed by atoms with Crippen LogP contribution >= 0.6 is 11.3 Å². The number of rotatable bonds is 11. The molecule has 1 saturated heterocycles. The molecule has 1 fully saturated rings. The maximum absolute atomic E-state index is 12.4. The molecule has 0 bridgehead atoms. The largest absolute Gasteiger partial charge is 0.465 e. The average molecular weight is 468 g/mol. The Morgan fingerprint density at radius 3 is 2.82 bits per heavy atom. The number of esters is 1. The van der Waals surface area contributed by atoms with E-state index in [1.807, 2.05) is 41.3 Å². The molecule has 3 atom stereocenters. The van der Waals surface area contributed by atoms with Crippen molar-refractivity contribution in [3.63, 3.8) is 0 Å². The Labute approximate surface area is 200 Å². The van der Waals surface area contributed by atoms with Crippen LogP contribution in [0.3, 0.4) is 0 Å². The fourth-order valence-corrected chi connectivity index (χ4v) is 4.86. The molecule has 0 aliphatic carbocycles. The molecule has 176 valence electrons. The lowest BCUT2D eigenvalue weighted by Gasteiger charge is -2.22. The summed E-state index contributed by atoms with van der Waals surface area (Å²) in [5.41, 5.74) is 1.33. The number of aliphatic hydroxyl groups is 1. The van der Waals surface area contributed by atoms with Gasteiger partial charge in [-0.15, -0.1) is 11.3 Å². The minimum Gasteiger partial charge on any atom is -0.465 e. The van der Waals surface area contributed by atoms with Crippen molar-refractivity contribution >= 4 is 29.3 Å². The van der Waals surface area contributed by atoms with E-state index < -0.39 is 6.10 Å². The third-order valence-electron chi connectivity index (χ3n) is 6.05. The van der Waals surface area contributed by atoms with Crippen molar-refractivity contribution in [1.29, 1.82) is 0 Å². The minimum atomic E-state index is -0.517. The van der Waals surface area contributed by atoms with Crippen LogP contribution in [0.1, 0.15) is 52.7 Å². The van der Waals surface area contributed by atoms with E-state index in [-0.39, 0.29) is 23.8 Å². The lowest BCUT2D eigenvalue weighted by molar-refractivity contribution is -0.127. The zero-order valence-electron chi connectivity index (χ0n) is 19.4. The van der Waals surface area contributed by atoms with Crippen LogP contribution < -0.4 is 0 Å². The standard InChI is InChI=1S/C27H33NO4S/c1-20(8-6-11-21-9-4-3-5-10-21)24(29)16-13-22-14-18-26(30)28(22)19-7-12-23-15-17-25(33-23)27(31)32-2/h3-5,7,9-10,12-13,15-17,20,22,24,29H,6,8,11,14,18-19H2,1-2H3/b12-7?,16-13-/t20-,22-,24-/m0/s1. The number of aryl methyl sites for hydroxylation is 1. The number of benzene rings is 1. The molecule has 0 saturated carbocycles. The Balaban J connectivity index is 1.47. The third kappa shape index (κ3) is 7.41. The molecule has 0 spiro atoms. The summed E-state index contributed by atoms with van der Waals surface area (Å²) in [6.45, 7) is 2.58. The highest BCUT2D eigenvalue weighted by Gasteiger charge is 2.28. The van der Waals surface area contributed by atoms with Gasteiger partial charge in [0.25, 0.3) is 0 Å². The van der Waals surface area contributed by atoms with Crippen molar-refractivity contribution in [3.05, 3.63) is 76.0 Å². The second kappa shape index (κ2) is 12.5. The molecule has 0 unspecified atom stereocenters. The number of carbonyl (C=O) groups excluding carboxylic acids is 2. The van der Waals surface area contributed by atoms with Crippen LogP contribution in [0.4, 0.5) is 0 Å². The Morgan fingerprint density at radius 1 is 1.27 bits per heavy atom. The summed E-state index contributed by atoms with van der Waals surface area (Å²) in [5, 5.41) is 10.6. The second-order valence-electron chi connectivity index (χ2n) is 8.48. The van der Waals surface area contributed by atoms with Gasteiger partial charge < -0.3 is 14.7 Å². The fourth-order valence-electron chi connectivity index (χ4n) is 4.00. The van der Waals surface area contributed by atoms with Crippen LogP contribution in [-0.2, 0) is 16.0 Å². The number of aliphatic hydroxyl groups excluding tert-OH is 1. The molecule has 1 N–H and O–H groups in total. The number of carbonyl (C=O) groups is 2. The quantitative estimate of drug-likeness (QED) is 0.368. The predicted octanol–water partition coefficient (Wildman–Crippen LogP) is 5.12. The molecule has 1 aromatic carbocycles. The van der Waals surface area contributed by atoms with Gasteiger partial charge in [0.05, 0.1) is 19.3 Å². The van der Waals surface area contributed by atoms with Crippen molar-refractivity contribution in [2.75, 3.05) is 13.7 Å². The molecular weight excluding hydrogens is 434 g/mol. The number of likely N-dealkylation sites (tertiary alicyclic amines) is 1. The minimum absolute atomic E-state index is 0.00212. The number of hydrogen-bond donors (Lipinski definition) is 1. The van der Waals surface area contributed by atoms with Gasteiger partial charge in [-0.2, -0.15) is 0 Å². The summed E-state index contributed by atoms with van der Waals surface area (Å²) in [6.07, 6.45) is 11.5. The first-order chi connectivity index (χ1) is 16.0. The molecule has 3 rings (SSSR count). The van der Waals surface area contributed by atoms with Crippen LogP contribution in [-0.4, -0.2) is 47.7 Å². The molecule has 6 heteroatoms. The van der Waals surface area contributed by atoms with Crippen LogP contribution in [0.5, 0.6) is 0 Å². The third-order valence-corrected chi connectivity index (χ3v) is 7.08. The summed E-state index contributed by atoms with van der Waals surface area (Å²) in [6, 6.07) is 14.0. The molecule has 1 aliphatic heterocycles. The van der Waals surface area contributed by atoms with E-state index in [2.05, 4.69) is 31.2 Å². The van der Waals surface area contributed by atoms with Gasteiger partial charge in [0.1, 0.15) is 4.88 Å². The summed E-state index contributed by atoms with van der Waals surface area (Å²) in [4.78, 5) is 27.3. The van der Waals surface area contributed by atoms with E-state index in [9.17, 15) is 14.7 Å². The molecule has 2 heterocycles. The molecule has 0 radical (unpaired) electrons. The maximum Gasteiger partial charge on any atom is 0.348 e. The molecule has 5 nitrogen and oxygen atoms in total. The zero-order valence-corrected chi connectivity index (χ0v) is 20.2. The Hall–Kier alpha value is -2.70. The van der Waals surface area contributed by atoms with Gasteiger partial charge in [-0.05, 0) is 55.4 Å². The van der Waals surface area contributed by atoms with Gasteiger partial charge in [-0.3, -0.25) is 4.79 Å². The summed E-state index contributed by atoms with van der Waals surface area (Å²) in [5.74, 6) is -0.0493. The molecule has 1 aliphatic rings. The molecule has 2 aromatic rings. The number of methoxy groups -OCH3 is 1. The Kier molecular flexibility index (Phi) is 9.46. The summed E-state index contributed by atoms with van der Waals surface area (Å²) >= 11 is 1.36. The SMILES string of the molecule is COC(=O)c1ccc(C=CCN2C(=O)CC[C@@H]2/C=C\[C@H](O)[C@@H](C)CCCc2ccccc2)s1. The Bertz CT molecular complexity index is 966. The zero-order chi connectivity index (χ0) is 23.6. The smallest absolute Gasteiger partial charge is 0.348 e. The van der Waals surface area contributed by atoms with Gasteiger partial charge in [0, 0.05) is 17.8 Å². The molecule has 1 aromatic heterocycles. The lowest BCUT2D eigenvalue weighted by Crippen LogP contribution is -2.32. The van der Waals surface area contributed by atoms with E-state index in [0.717, 1.165) is 30.6 Å². The molecule has 1 amide bonds. The monoisotopic (exact) mass is 467 g/mol. The highest BCUT2D eigenvalue weighted by molar-refractivity contribution is 7.14. The second-order valence-corrected chi connectivity index (χ2v) is 9.59. The van der Waals surface area contributed by atoms with Crippen molar-refractivity contribution in [2.45, 2.75) is 51.2 Å². The number of thiophene rings is 1. The highest BCUT2D eigenvalue weighted by atomic mass is 32.1. The number of ether oxygens (including phenoxy) is 1. The first-order valence-corrected chi connectivity index (χ1v) is 12.3. The van der Waals surface area contributed by atoms with E-state index in [1.54, 1.807) is 6.07 Å². The van der Waals surface area contributed by atoms with Crippen molar-refractivity contribution in [3.8, 4) is 0 Å². The summed E-state index contributed by atoms with van der Waals surface area (Å²) in [7, 11) is 1.37. The lowest BCUT2D eigenvalue weighted by atomic mass is 9.95. The maximum atomic E-state index is 12.4. The predicted molar refractivity (Wildman–Crippen MR) is 133 cm³/mol. The Morgan fingerprint density at radius 2 is 2.06 bits per heavy atom. The van der Waals surface area contributed by atoms with Crippen molar-refractivity contribution in [1.82, 2.24) is 4.90 Å². The van der Waals surface area contributed by atoms with Gasteiger partial charge >= 0.3 is 5.97 Å². The van der Waals surface area contributed by atoms with Gasteiger partial charge in [-0.1, -0.05) is 55.5 Å². The molecular formula is C27H33NO4S. The van der Waals surface area contributed by atoms with E-state index in [4.69, 9.17) is 4.74 Å². The number of nitrogens with zero attached hydrogens (tertiary/aromatic N) is 1. The van der Waals surface area contributed by atoms with Gasteiger partial charge in [0.15, 0.2) is 0 Å². The summed E-state index contributed by atoms with van der Waals surface area (Å²) < 4.78 is 4.73. The van der Waals surface area contributed by atoms with Crippen LogP contribution in [0.25, 0.3) is 6.08 Å². The first-order valence-electron chi connectivity index (χ1n) is 11.5. The first kappa shape index (κ1) is 24.9. The average Bonchev–Trinajstić information content (AvgIpc) is 3.44. The van der Waals surface area contributed by atoms with Gasteiger partial charge in [-0.25, -0.2) is 4.79 Å². The number of amides is 1. The van der Waals surface area contributed by atoms with Crippen LogP contribution in [0, 0.1) is 5.92 Å². The fraction of sp³-hybridized carbons (Fsp3) is 0.407. The van der Waals surface area contributed by atoms with Crippen molar-refractivity contribution < 1.29 is 19.4 Å². The normalized spacial score (nSPS) is 18.3. The van der Waals surface area contributed by atoms with E-state index >= 15 is 0 Å². The van der Waals surface area contributed by atoms with E-state index in [0.29, 0.717) is 17.8 Å². The topological polar surface area (TPSA) is 66.8 Å². The van der Waals surface area contributed by atoms with Crippen LogP contribution in [0.15, 0.2) is 60.7 Å². The molecule has 33 heavy (non-hydrogen) atoms. The number of hydrogen-bond acceptors (Lipinski definition) is 5. The van der Waals surface area contributed by atoms with Gasteiger partial charge in [0.2, 0.25) is 5.91 Å².